The van der Waals surface area contributed by atoms with Crippen molar-refractivity contribution in [3.8, 4) is 0 Å². The van der Waals surface area contributed by atoms with Crippen molar-refractivity contribution in [2.75, 3.05) is 7.05 Å². The minimum atomic E-state index is 0.379. The summed E-state index contributed by atoms with van der Waals surface area (Å²) < 4.78 is 0. The molecule has 0 saturated heterocycles. The molecule has 0 aromatic rings. The van der Waals surface area contributed by atoms with Crippen LogP contribution in [-0.2, 0) is 0 Å². The first kappa shape index (κ1) is 12.5. The molecule has 0 aromatic heterocycles. The van der Waals surface area contributed by atoms with Crippen LogP contribution in [0.1, 0.15) is 47.0 Å². The maximum atomic E-state index is 4.00. The number of rotatable bonds is 6. The maximum absolute atomic E-state index is 4.00. The van der Waals surface area contributed by atoms with Crippen LogP contribution in [0, 0.1) is 11.3 Å². The predicted molar refractivity (Wildman–Crippen MR) is 60.7 cm³/mol. The molecule has 1 nitrogen and oxygen atoms in total. The lowest BCUT2D eigenvalue weighted by Gasteiger charge is -2.34. The number of nitrogens with one attached hydrogen (secondary N) is 1. The molecule has 0 bridgehead atoms. The molecule has 0 aliphatic heterocycles. The van der Waals surface area contributed by atoms with E-state index in [0.29, 0.717) is 5.41 Å². The van der Waals surface area contributed by atoms with Crippen LogP contribution < -0.4 is 5.32 Å². The number of allylic oxidation sites excluding steroid dienone is 1. The van der Waals surface area contributed by atoms with Gasteiger partial charge in [0.05, 0.1) is 0 Å². The predicted octanol–water partition coefficient (Wildman–Crippen LogP) is 3.57. The lowest BCUT2D eigenvalue weighted by atomic mass is 9.73. The molecular formula is C12H25N. The van der Waals surface area contributed by atoms with E-state index in [1.807, 2.05) is 7.05 Å². The molecule has 13 heavy (non-hydrogen) atoms. The number of hydrogen-bond donors (Lipinski definition) is 1. The molecule has 1 N–H and O–H groups in total. The summed E-state index contributed by atoms with van der Waals surface area (Å²) in [6.45, 7) is 13.2. The Bertz CT molecular complexity index is 155. The van der Waals surface area contributed by atoms with E-state index >= 15 is 0 Å². The molecule has 1 heteroatoms. The lowest BCUT2D eigenvalue weighted by Crippen LogP contribution is -2.26. The van der Waals surface area contributed by atoms with Gasteiger partial charge < -0.3 is 5.32 Å². The molecule has 0 spiro atoms. The summed E-state index contributed by atoms with van der Waals surface area (Å²) in [5.74, 6) is 0.803. The largest absolute Gasteiger partial charge is 0.392 e. The van der Waals surface area contributed by atoms with E-state index < -0.39 is 0 Å². The summed E-state index contributed by atoms with van der Waals surface area (Å²) in [5.41, 5.74) is 1.53. The molecule has 0 aliphatic carbocycles. The van der Waals surface area contributed by atoms with Crippen LogP contribution >= 0.6 is 0 Å². The van der Waals surface area contributed by atoms with Gasteiger partial charge in [-0.1, -0.05) is 47.1 Å². The van der Waals surface area contributed by atoms with E-state index in [-0.39, 0.29) is 0 Å². The minimum Gasteiger partial charge on any atom is -0.392 e. The van der Waals surface area contributed by atoms with E-state index in [9.17, 15) is 0 Å². The topological polar surface area (TPSA) is 12.0 Å². The summed E-state index contributed by atoms with van der Waals surface area (Å²) in [6.07, 6.45) is 3.61. The standard InChI is InChI=1S/C12H25N/c1-7-11(8-2)12(4,5)9-10(3)13-6/h11,13H,3,7-9H2,1-2,4-6H3. The van der Waals surface area contributed by atoms with Gasteiger partial charge in [-0.05, 0) is 17.8 Å². The van der Waals surface area contributed by atoms with Gasteiger partial charge in [0.15, 0.2) is 0 Å². The van der Waals surface area contributed by atoms with Crippen molar-refractivity contribution in [1.82, 2.24) is 5.32 Å². The van der Waals surface area contributed by atoms with Crippen LogP contribution in [0.4, 0.5) is 0 Å². The second-order valence-electron chi connectivity index (χ2n) is 4.53. The third kappa shape index (κ3) is 3.84. The smallest absolute Gasteiger partial charge is 0.00365 e. The normalized spacial score (nSPS) is 11.8. The first-order valence-electron chi connectivity index (χ1n) is 5.33. The Labute approximate surface area is 83.6 Å². The Hall–Kier alpha value is -0.460. The summed E-state index contributed by atoms with van der Waals surface area (Å²) in [7, 11) is 1.95. The second-order valence-corrected chi connectivity index (χ2v) is 4.53. The molecule has 0 radical (unpaired) electrons. The molecule has 0 atom stereocenters. The monoisotopic (exact) mass is 183 g/mol. The highest BCUT2D eigenvalue weighted by Gasteiger charge is 2.26. The van der Waals surface area contributed by atoms with Crippen molar-refractivity contribution in [2.45, 2.75) is 47.0 Å². The first-order chi connectivity index (χ1) is 5.97. The van der Waals surface area contributed by atoms with E-state index in [0.717, 1.165) is 18.0 Å². The van der Waals surface area contributed by atoms with Gasteiger partial charge in [0.25, 0.3) is 0 Å². The molecule has 0 rings (SSSR count). The Morgan fingerprint density at radius 3 is 2.08 bits per heavy atom. The fourth-order valence-electron chi connectivity index (χ4n) is 2.18. The van der Waals surface area contributed by atoms with Crippen LogP contribution in [0.2, 0.25) is 0 Å². The Kier molecular flexibility index (Phi) is 5.12. The van der Waals surface area contributed by atoms with Crippen molar-refractivity contribution in [2.24, 2.45) is 11.3 Å². The highest BCUT2D eigenvalue weighted by atomic mass is 14.8. The van der Waals surface area contributed by atoms with Crippen molar-refractivity contribution in [3.05, 3.63) is 12.3 Å². The van der Waals surface area contributed by atoms with E-state index in [4.69, 9.17) is 0 Å². The van der Waals surface area contributed by atoms with E-state index in [1.54, 1.807) is 0 Å². The molecule has 78 valence electrons. The van der Waals surface area contributed by atoms with Crippen LogP contribution in [-0.4, -0.2) is 7.05 Å². The molecule has 0 heterocycles. The minimum absolute atomic E-state index is 0.379. The fraction of sp³-hybridized carbons (Fsp3) is 0.833. The SMILES string of the molecule is C=C(CC(C)(C)C(CC)CC)NC. The van der Waals surface area contributed by atoms with Gasteiger partial charge in [0.2, 0.25) is 0 Å². The summed E-state index contributed by atoms with van der Waals surface area (Å²) in [6, 6.07) is 0. The Balaban J connectivity index is 4.26. The van der Waals surface area contributed by atoms with Gasteiger partial charge in [-0.2, -0.15) is 0 Å². The highest BCUT2D eigenvalue weighted by Crippen LogP contribution is 2.36. The van der Waals surface area contributed by atoms with E-state index in [1.165, 1.54) is 12.8 Å². The molecule has 0 amide bonds. The van der Waals surface area contributed by atoms with E-state index in [2.05, 4.69) is 39.6 Å². The van der Waals surface area contributed by atoms with Crippen LogP contribution in [0.25, 0.3) is 0 Å². The van der Waals surface area contributed by atoms with Gasteiger partial charge in [-0.25, -0.2) is 0 Å². The third-order valence-electron chi connectivity index (χ3n) is 3.11. The zero-order valence-electron chi connectivity index (χ0n) is 9.91. The average Bonchev–Trinajstić information content (AvgIpc) is 2.05. The number of hydrogen-bond acceptors (Lipinski definition) is 1. The van der Waals surface area contributed by atoms with Crippen molar-refractivity contribution in [3.63, 3.8) is 0 Å². The maximum Gasteiger partial charge on any atom is 0.00365 e. The highest BCUT2D eigenvalue weighted by molar-refractivity contribution is 4.96. The van der Waals surface area contributed by atoms with Gasteiger partial charge in [0, 0.05) is 12.7 Å². The van der Waals surface area contributed by atoms with Gasteiger partial charge in [-0.15, -0.1) is 0 Å². The summed E-state index contributed by atoms with van der Waals surface area (Å²) in [5, 5.41) is 3.13. The van der Waals surface area contributed by atoms with Crippen LogP contribution in [0.15, 0.2) is 12.3 Å². The zero-order chi connectivity index (χ0) is 10.5. The van der Waals surface area contributed by atoms with Crippen LogP contribution in [0.3, 0.4) is 0 Å². The fourth-order valence-corrected chi connectivity index (χ4v) is 2.18. The van der Waals surface area contributed by atoms with Crippen molar-refractivity contribution < 1.29 is 0 Å². The molecule has 0 saturated carbocycles. The quantitative estimate of drug-likeness (QED) is 0.664. The Morgan fingerprint density at radius 2 is 1.77 bits per heavy atom. The average molecular weight is 183 g/mol. The third-order valence-corrected chi connectivity index (χ3v) is 3.11. The molecular weight excluding hydrogens is 158 g/mol. The van der Waals surface area contributed by atoms with Crippen molar-refractivity contribution in [1.29, 1.82) is 0 Å². The zero-order valence-corrected chi connectivity index (χ0v) is 9.91. The van der Waals surface area contributed by atoms with Crippen LogP contribution in [0.5, 0.6) is 0 Å². The Morgan fingerprint density at radius 1 is 1.31 bits per heavy atom. The molecule has 0 aliphatic rings. The van der Waals surface area contributed by atoms with Gasteiger partial charge >= 0.3 is 0 Å². The lowest BCUT2D eigenvalue weighted by molar-refractivity contribution is 0.195. The summed E-state index contributed by atoms with van der Waals surface area (Å²) in [4.78, 5) is 0. The van der Waals surface area contributed by atoms with Crippen molar-refractivity contribution >= 4 is 0 Å². The molecule has 0 unspecified atom stereocenters. The molecule has 0 aromatic carbocycles. The van der Waals surface area contributed by atoms with Gasteiger partial charge in [-0.3, -0.25) is 0 Å². The van der Waals surface area contributed by atoms with Gasteiger partial charge in [0.1, 0.15) is 0 Å². The summed E-state index contributed by atoms with van der Waals surface area (Å²) >= 11 is 0. The molecule has 0 fully saturated rings. The second kappa shape index (κ2) is 5.31. The first-order valence-corrected chi connectivity index (χ1v) is 5.33.